The van der Waals surface area contributed by atoms with Gasteiger partial charge < -0.3 is 5.11 Å². The average Bonchev–Trinajstić information content (AvgIpc) is 2.20. The number of hydrogen-bond donors (Lipinski definition) is 1. The van der Waals surface area contributed by atoms with Crippen LogP contribution in [0.25, 0.3) is 0 Å². The molecule has 1 aliphatic rings. The summed E-state index contributed by atoms with van der Waals surface area (Å²) in [6.45, 7) is 0. The summed E-state index contributed by atoms with van der Waals surface area (Å²) in [6.07, 6.45) is 5.77. The predicted molar refractivity (Wildman–Crippen MR) is 53.6 cm³/mol. The monoisotopic (exact) mass is 174 g/mol. The summed E-state index contributed by atoms with van der Waals surface area (Å²) < 4.78 is 0. The van der Waals surface area contributed by atoms with E-state index in [4.69, 9.17) is 0 Å². The molecule has 13 heavy (non-hydrogen) atoms. The van der Waals surface area contributed by atoms with Crippen LogP contribution in [-0.2, 0) is 0 Å². The molecule has 0 heterocycles. The van der Waals surface area contributed by atoms with Crippen molar-refractivity contribution < 1.29 is 5.11 Å². The highest BCUT2D eigenvalue weighted by Gasteiger charge is 2.20. The summed E-state index contributed by atoms with van der Waals surface area (Å²) in [5, 5.41) is 9.77. The molecule has 1 heteroatoms. The first kappa shape index (κ1) is 8.52. The summed E-state index contributed by atoms with van der Waals surface area (Å²) in [5.74, 6) is 0.297. The molecule has 0 spiro atoms. The molecule has 0 saturated heterocycles. The Morgan fingerprint density at radius 2 is 1.69 bits per heavy atom. The van der Waals surface area contributed by atoms with Gasteiger partial charge in [0, 0.05) is 5.92 Å². The van der Waals surface area contributed by atoms with Gasteiger partial charge in [0.25, 0.3) is 0 Å². The van der Waals surface area contributed by atoms with Crippen molar-refractivity contribution in [2.24, 2.45) is 0 Å². The van der Waals surface area contributed by atoms with Crippen LogP contribution in [0.1, 0.15) is 24.3 Å². The number of allylic oxidation sites excluding steroid dienone is 1. The highest BCUT2D eigenvalue weighted by Crippen LogP contribution is 2.28. The van der Waals surface area contributed by atoms with Gasteiger partial charge >= 0.3 is 0 Å². The van der Waals surface area contributed by atoms with Crippen LogP contribution < -0.4 is 0 Å². The molecule has 1 aliphatic carbocycles. The van der Waals surface area contributed by atoms with Gasteiger partial charge in [-0.2, -0.15) is 0 Å². The Morgan fingerprint density at radius 3 is 2.38 bits per heavy atom. The van der Waals surface area contributed by atoms with E-state index in [2.05, 4.69) is 24.3 Å². The number of rotatable bonds is 1. The van der Waals surface area contributed by atoms with E-state index in [1.165, 1.54) is 5.56 Å². The topological polar surface area (TPSA) is 20.2 Å². The zero-order valence-electron chi connectivity index (χ0n) is 7.56. The van der Waals surface area contributed by atoms with Crippen molar-refractivity contribution in [3.63, 3.8) is 0 Å². The number of hydrogen-bond acceptors (Lipinski definition) is 1. The van der Waals surface area contributed by atoms with Gasteiger partial charge in [-0.05, 0) is 18.4 Å². The summed E-state index contributed by atoms with van der Waals surface area (Å²) in [7, 11) is 0. The van der Waals surface area contributed by atoms with E-state index in [9.17, 15) is 5.11 Å². The van der Waals surface area contributed by atoms with Crippen LogP contribution in [0.3, 0.4) is 0 Å². The van der Waals surface area contributed by atoms with Crippen molar-refractivity contribution >= 4 is 0 Å². The molecule has 1 N–H and O–H groups in total. The summed E-state index contributed by atoms with van der Waals surface area (Å²) >= 11 is 0. The SMILES string of the molecule is OC1CC=CCC1c1ccccc1. The van der Waals surface area contributed by atoms with Gasteiger partial charge in [-0.25, -0.2) is 0 Å². The van der Waals surface area contributed by atoms with Gasteiger partial charge in [0.1, 0.15) is 0 Å². The Balaban J connectivity index is 2.21. The first-order valence-corrected chi connectivity index (χ1v) is 4.76. The Labute approximate surface area is 78.7 Å². The molecule has 0 radical (unpaired) electrons. The van der Waals surface area contributed by atoms with E-state index in [0.29, 0.717) is 5.92 Å². The van der Waals surface area contributed by atoms with E-state index < -0.39 is 0 Å². The van der Waals surface area contributed by atoms with Gasteiger partial charge in [0.15, 0.2) is 0 Å². The van der Waals surface area contributed by atoms with E-state index in [0.717, 1.165) is 12.8 Å². The molecule has 1 aromatic rings. The predicted octanol–water partition coefficient (Wildman–Crippen LogP) is 2.48. The fourth-order valence-electron chi connectivity index (χ4n) is 1.86. The molecule has 1 nitrogen and oxygen atoms in total. The lowest BCUT2D eigenvalue weighted by Crippen LogP contribution is -2.19. The fraction of sp³-hybridized carbons (Fsp3) is 0.333. The number of benzene rings is 1. The van der Waals surface area contributed by atoms with Crippen molar-refractivity contribution in [1.82, 2.24) is 0 Å². The molecule has 0 aromatic heterocycles. The van der Waals surface area contributed by atoms with Crippen LogP contribution in [-0.4, -0.2) is 11.2 Å². The van der Waals surface area contributed by atoms with Crippen LogP contribution in [0, 0.1) is 0 Å². The Bertz CT molecular complexity index is 289. The number of aliphatic hydroxyl groups is 1. The van der Waals surface area contributed by atoms with Crippen LogP contribution in [0.2, 0.25) is 0 Å². The third kappa shape index (κ3) is 1.81. The second-order valence-electron chi connectivity index (χ2n) is 3.53. The minimum absolute atomic E-state index is 0.201. The second kappa shape index (κ2) is 3.75. The zero-order chi connectivity index (χ0) is 9.10. The van der Waals surface area contributed by atoms with Crippen molar-refractivity contribution in [1.29, 1.82) is 0 Å². The molecule has 0 amide bonds. The first-order chi connectivity index (χ1) is 6.38. The molecule has 2 unspecified atom stereocenters. The van der Waals surface area contributed by atoms with E-state index >= 15 is 0 Å². The molecular weight excluding hydrogens is 160 g/mol. The minimum Gasteiger partial charge on any atom is -0.392 e. The van der Waals surface area contributed by atoms with E-state index in [1.807, 2.05) is 18.2 Å². The lowest BCUT2D eigenvalue weighted by Gasteiger charge is -2.24. The maximum absolute atomic E-state index is 9.77. The van der Waals surface area contributed by atoms with Crippen molar-refractivity contribution in [3.05, 3.63) is 48.0 Å². The third-order valence-corrected chi connectivity index (χ3v) is 2.63. The molecule has 2 rings (SSSR count). The van der Waals surface area contributed by atoms with Crippen LogP contribution in [0.15, 0.2) is 42.5 Å². The van der Waals surface area contributed by atoms with Crippen LogP contribution in [0.4, 0.5) is 0 Å². The van der Waals surface area contributed by atoms with E-state index in [-0.39, 0.29) is 6.10 Å². The van der Waals surface area contributed by atoms with Gasteiger partial charge in [-0.15, -0.1) is 0 Å². The first-order valence-electron chi connectivity index (χ1n) is 4.76. The van der Waals surface area contributed by atoms with Gasteiger partial charge in [-0.3, -0.25) is 0 Å². The average molecular weight is 174 g/mol. The summed E-state index contributed by atoms with van der Waals surface area (Å²) in [6, 6.07) is 10.2. The molecule has 0 aliphatic heterocycles. The number of aliphatic hydroxyl groups excluding tert-OH is 1. The lowest BCUT2D eigenvalue weighted by molar-refractivity contribution is 0.141. The molecule has 0 saturated carbocycles. The van der Waals surface area contributed by atoms with Gasteiger partial charge in [0.05, 0.1) is 6.10 Å². The molecule has 0 bridgehead atoms. The normalized spacial score (nSPS) is 27.5. The summed E-state index contributed by atoms with van der Waals surface area (Å²) in [4.78, 5) is 0. The zero-order valence-corrected chi connectivity index (χ0v) is 7.56. The molecule has 1 aromatic carbocycles. The molecule has 0 fully saturated rings. The Morgan fingerprint density at radius 1 is 1.00 bits per heavy atom. The highest BCUT2D eigenvalue weighted by molar-refractivity contribution is 5.23. The lowest BCUT2D eigenvalue weighted by atomic mass is 9.85. The Hall–Kier alpha value is -1.08. The van der Waals surface area contributed by atoms with Crippen molar-refractivity contribution in [2.75, 3.05) is 0 Å². The molecular formula is C12H14O. The van der Waals surface area contributed by atoms with Crippen LogP contribution >= 0.6 is 0 Å². The second-order valence-corrected chi connectivity index (χ2v) is 3.53. The van der Waals surface area contributed by atoms with Gasteiger partial charge in [-0.1, -0.05) is 42.5 Å². The minimum atomic E-state index is -0.201. The summed E-state index contributed by atoms with van der Waals surface area (Å²) in [5.41, 5.74) is 1.25. The van der Waals surface area contributed by atoms with Crippen LogP contribution in [0.5, 0.6) is 0 Å². The van der Waals surface area contributed by atoms with E-state index in [1.54, 1.807) is 0 Å². The van der Waals surface area contributed by atoms with Crippen molar-refractivity contribution in [2.45, 2.75) is 24.9 Å². The quantitative estimate of drug-likeness (QED) is 0.648. The maximum atomic E-state index is 9.77. The maximum Gasteiger partial charge on any atom is 0.0646 e. The largest absolute Gasteiger partial charge is 0.392 e. The smallest absolute Gasteiger partial charge is 0.0646 e. The standard InChI is InChI=1S/C12H14O/c13-12-9-5-4-8-11(12)10-6-2-1-3-7-10/h1-7,11-13H,8-9H2. The molecule has 68 valence electrons. The third-order valence-electron chi connectivity index (χ3n) is 2.63. The van der Waals surface area contributed by atoms with Crippen molar-refractivity contribution in [3.8, 4) is 0 Å². The molecule has 2 atom stereocenters. The van der Waals surface area contributed by atoms with Gasteiger partial charge in [0.2, 0.25) is 0 Å². The fourth-order valence-corrected chi connectivity index (χ4v) is 1.86. The highest BCUT2D eigenvalue weighted by atomic mass is 16.3. The Kier molecular flexibility index (Phi) is 2.46.